The van der Waals surface area contributed by atoms with Gasteiger partial charge < -0.3 is 0 Å². The third kappa shape index (κ3) is 7.83. The molecular formula is C36H20Br4I2S3. The van der Waals surface area contributed by atoms with Crippen molar-refractivity contribution in [2.45, 2.75) is 0 Å². The van der Waals surface area contributed by atoms with Crippen molar-refractivity contribution in [3.63, 3.8) is 0 Å². The first-order chi connectivity index (χ1) is 21.9. The van der Waals surface area contributed by atoms with Crippen molar-refractivity contribution in [2.24, 2.45) is 0 Å². The molecule has 0 bridgehead atoms. The van der Waals surface area contributed by atoms with Crippen molar-refractivity contribution >= 4 is 200 Å². The first-order valence-corrected chi connectivity index (χ1v) is 23.4. The summed E-state index contributed by atoms with van der Waals surface area (Å²) in [6, 6.07) is 43.3. The summed E-state index contributed by atoms with van der Waals surface area (Å²) >= 11 is 22.8. The molecule has 0 fully saturated rings. The number of halogens is 6. The van der Waals surface area contributed by atoms with Gasteiger partial charge in [-0.1, -0.05) is 68.3 Å². The molecule has 9 rings (SSSR count). The summed E-state index contributed by atoms with van der Waals surface area (Å²) in [7, 11) is 0. The predicted molar refractivity (Wildman–Crippen MR) is 237 cm³/mol. The van der Waals surface area contributed by atoms with E-state index in [1.807, 2.05) is 34.0 Å². The monoisotopic (exact) mass is 1120 g/mol. The number of hydrogen-bond donors (Lipinski definition) is 0. The van der Waals surface area contributed by atoms with Gasteiger partial charge in [-0.05, 0) is 130 Å². The van der Waals surface area contributed by atoms with E-state index in [1.54, 1.807) is 0 Å². The maximum atomic E-state index is 3.51. The molecule has 0 nitrogen and oxygen atoms in total. The highest BCUT2D eigenvalue weighted by atomic mass is 127. The van der Waals surface area contributed by atoms with Crippen molar-refractivity contribution < 1.29 is 0 Å². The van der Waals surface area contributed by atoms with Gasteiger partial charge in [0.2, 0.25) is 0 Å². The molecule has 0 N–H and O–H groups in total. The lowest BCUT2D eigenvalue weighted by Crippen LogP contribution is -1.71. The molecule has 0 aliphatic heterocycles. The van der Waals surface area contributed by atoms with E-state index in [9.17, 15) is 0 Å². The highest BCUT2D eigenvalue weighted by Crippen LogP contribution is 2.37. The quantitative estimate of drug-likeness (QED) is 0.133. The molecule has 0 saturated heterocycles. The molecule has 0 atom stereocenters. The summed E-state index contributed by atoms with van der Waals surface area (Å²) in [5.74, 6) is 0. The highest BCUT2D eigenvalue weighted by molar-refractivity contribution is 14.1. The van der Waals surface area contributed by atoms with Gasteiger partial charge in [-0.3, -0.25) is 0 Å². The summed E-state index contributed by atoms with van der Waals surface area (Å²) in [5, 5.41) is 8.18. The van der Waals surface area contributed by atoms with E-state index in [-0.39, 0.29) is 0 Å². The van der Waals surface area contributed by atoms with Crippen molar-refractivity contribution in [3.8, 4) is 0 Å². The largest absolute Gasteiger partial charge is 0.135 e. The van der Waals surface area contributed by atoms with Gasteiger partial charge in [0.25, 0.3) is 0 Å². The van der Waals surface area contributed by atoms with Crippen LogP contribution < -0.4 is 0 Å². The summed E-state index contributed by atoms with van der Waals surface area (Å²) in [4.78, 5) is 0. The second-order valence-electron chi connectivity index (χ2n) is 9.86. The van der Waals surface area contributed by atoms with Crippen LogP contribution in [0, 0.1) is 7.14 Å². The zero-order valence-electron chi connectivity index (χ0n) is 23.0. The molecule has 3 aromatic heterocycles. The standard InChI is InChI=1S/C12H6Br2S.C12H6I2S.C12H8S.Br2/c2*13-7-1-3-11-9(5-7)10-6-8(14)2-4-12(10)15-11;1-3-7-11-9(5-1)10-6-2-4-8-12(10)13-11;1-2/h2*1-6H;1-8H;. The van der Waals surface area contributed by atoms with E-state index >= 15 is 0 Å². The Morgan fingerprint density at radius 3 is 1.07 bits per heavy atom. The van der Waals surface area contributed by atoms with Gasteiger partial charge in [0.1, 0.15) is 0 Å². The smallest absolute Gasteiger partial charge is 0.0356 e. The van der Waals surface area contributed by atoms with Crippen molar-refractivity contribution in [2.75, 3.05) is 0 Å². The zero-order chi connectivity index (χ0) is 31.5. The molecule has 224 valence electrons. The predicted octanol–water partition coefficient (Wildman–Crippen LogP) is 16.6. The lowest BCUT2D eigenvalue weighted by molar-refractivity contribution is 1.74. The summed E-state index contributed by atoms with van der Waals surface area (Å²) in [6.45, 7) is 0. The van der Waals surface area contributed by atoms with E-state index < -0.39 is 0 Å². The van der Waals surface area contributed by atoms with Gasteiger partial charge >= 0.3 is 0 Å². The average molecular weight is 1120 g/mol. The second kappa shape index (κ2) is 15.7. The first kappa shape index (κ1) is 34.2. The summed E-state index contributed by atoms with van der Waals surface area (Å²) in [5.41, 5.74) is 0. The molecule has 0 spiro atoms. The molecule has 0 radical (unpaired) electrons. The topological polar surface area (TPSA) is 0 Å². The van der Waals surface area contributed by atoms with Crippen LogP contribution in [-0.2, 0) is 0 Å². The van der Waals surface area contributed by atoms with Crippen LogP contribution in [0.1, 0.15) is 0 Å². The van der Waals surface area contributed by atoms with Crippen LogP contribution in [0.3, 0.4) is 0 Å². The number of benzene rings is 6. The number of fused-ring (bicyclic) bond motifs is 9. The molecule has 0 amide bonds. The van der Waals surface area contributed by atoms with Crippen molar-refractivity contribution in [1.82, 2.24) is 0 Å². The Kier molecular flexibility index (Phi) is 12.0. The molecule has 0 unspecified atom stereocenters. The van der Waals surface area contributed by atoms with Crippen LogP contribution in [0.25, 0.3) is 60.5 Å². The minimum atomic E-state index is 1.13. The fourth-order valence-electron chi connectivity index (χ4n) is 5.12. The third-order valence-corrected chi connectivity index (χ3v) is 12.9. The Labute approximate surface area is 332 Å². The van der Waals surface area contributed by atoms with E-state index in [0.717, 1.165) is 8.95 Å². The van der Waals surface area contributed by atoms with Gasteiger partial charge in [0.05, 0.1) is 0 Å². The summed E-state index contributed by atoms with van der Waals surface area (Å²) in [6.07, 6.45) is 0. The van der Waals surface area contributed by atoms with Crippen LogP contribution in [0.2, 0.25) is 0 Å². The first-order valence-electron chi connectivity index (χ1n) is 13.5. The number of hydrogen-bond acceptors (Lipinski definition) is 3. The van der Waals surface area contributed by atoms with Gasteiger partial charge in [-0.25, -0.2) is 0 Å². The second-order valence-corrected chi connectivity index (χ2v) is 17.4. The van der Waals surface area contributed by atoms with E-state index in [2.05, 4.69) is 227 Å². The fourth-order valence-corrected chi connectivity index (χ4v) is 10.1. The highest BCUT2D eigenvalue weighted by Gasteiger charge is 2.06. The molecule has 0 aliphatic carbocycles. The van der Waals surface area contributed by atoms with Crippen LogP contribution in [0.4, 0.5) is 0 Å². The Bertz CT molecular complexity index is 2150. The minimum absolute atomic E-state index is 1.13. The van der Waals surface area contributed by atoms with Crippen molar-refractivity contribution in [3.05, 3.63) is 137 Å². The maximum Gasteiger partial charge on any atom is 0.0356 e. The van der Waals surface area contributed by atoms with Gasteiger partial charge in [-0.2, -0.15) is 0 Å². The molecule has 6 aromatic carbocycles. The zero-order valence-corrected chi connectivity index (χ0v) is 36.1. The Morgan fingerprint density at radius 2 is 0.667 bits per heavy atom. The number of rotatable bonds is 0. The normalized spacial score (nSPS) is 10.9. The SMILES string of the molecule is BrBr.Brc1ccc2sc3ccc(Br)cc3c2c1.Ic1ccc2sc3ccc(I)cc3c2c1.c1ccc2c(c1)sc1ccccc12. The molecule has 3 heterocycles. The van der Waals surface area contributed by atoms with E-state index in [0.29, 0.717) is 0 Å². The lowest BCUT2D eigenvalue weighted by Gasteiger charge is -1.93. The Morgan fingerprint density at radius 1 is 0.356 bits per heavy atom. The van der Waals surface area contributed by atoms with E-state index in [4.69, 9.17) is 0 Å². The van der Waals surface area contributed by atoms with Crippen LogP contribution in [-0.4, -0.2) is 0 Å². The van der Waals surface area contributed by atoms with Crippen LogP contribution >= 0.6 is 139 Å². The fraction of sp³-hybridized carbons (Fsp3) is 0. The Hall–Kier alpha value is -0.640. The molecule has 9 heteroatoms. The average Bonchev–Trinajstić information content (AvgIpc) is 3.73. The lowest BCUT2D eigenvalue weighted by atomic mass is 10.2. The third-order valence-electron chi connectivity index (χ3n) is 7.07. The number of thiophene rings is 3. The molecule has 45 heavy (non-hydrogen) atoms. The summed E-state index contributed by atoms with van der Waals surface area (Å²) < 4.78 is 13.1. The molecule has 9 aromatic rings. The van der Waals surface area contributed by atoms with Gasteiger partial charge in [-0.15, -0.1) is 34.0 Å². The van der Waals surface area contributed by atoms with E-state index in [1.165, 1.54) is 67.7 Å². The van der Waals surface area contributed by atoms with Gasteiger partial charge in [0, 0.05) is 105 Å². The minimum Gasteiger partial charge on any atom is -0.135 e. The van der Waals surface area contributed by atoms with Crippen LogP contribution in [0.15, 0.2) is 130 Å². The van der Waals surface area contributed by atoms with Gasteiger partial charge in [0.15, 0.2) is 0 Å². The molecule has 0 saturated carbocycles. The Balaban J connectivity index is 0.000000116. The van der Waals surface area contributed by atoms with Crippen molar-refractivity contribution in [1.29, 1.82) is 0 Å². The molecular weight excluding hydrogens is 1100 g/mol. The maximum absolute atomic E-state index is 3.51. The van der Waals surface area contributed by atoms with Crippen LogP contribution in [0.5, 0.6) is 0 Å². The molecule has 0 aliphatic rings.